The van der Waals surface area contributed by atoms with Crippen LogP contribution in [0, 0.1) is 17.1 Å². The zero-order valence-corrected chi connectivity index (χ0v) is 12.1. The minimum absolute atomic E-state index is 0.129. The molecule has 0 aromatic heterocycles. The molecule has 1 saturated heterocycles. The van der Waals surface area contributed by atoms with Gasteiger partial charge in [-0.15, -0.1) is 0 Å². The molecule has 2 unspecified atom stereocenters. The van der Waals surface area contributed by atoms with E-state index in [1.165, 1.54) is 0 Å². The van der Waals surface area contributed by atoms with E-state index in [0.717, 1.165) is 13.0 Å². The van der Waals surface area contributed by atoms with Gasteiger partial charge >= 0.3 is 0 Å². The first-order valence-corrected chi connectivity index (χ1v) is 6.80. The van der Waals surface area contributed by atoms with E-state index >= 15 is 0 Å². The summed E-state index contributed by atoms with van der Waals surface area (Å²) >= 11 is 3.19. The maximum atomic E-state index is 14.3. The van der Waals surface area contributed by atoms with Gasteiger partial charge in [0.1, 0.15) is 5.84 Å². The topological polar surface area (TPSA) is 53.1 Å². The van der Waals surface area contributed by atoms with Gasteiger partial charge in [0.05, 0.1) is 10.2 Å². The van der Waals surface area contributed by atoms with Crippen molar-refractivity contribution in [1.82, 2.24) is 0 Å². The molecule has 0 saturated carbocycles. The molecule has 1 aromatic rings. The number of hydrogen-bond acceptors (Lipinski definition) is 2. The second-order valence-corrected chi connectivity index (χ2v) is 5.81. The van der Waals surface area contributed by atoms with Crippen LogP contribution < -0.4 is 10.6 Å². The highest BCUT2D eigenvalue weighted by Crippen LogP contribution is 2.34. The molecule has 0 spiro atoms. The Morgan fingerprint density at radius 1 is 1.50 bits per heavy atom. The first-order valence-electron chi connectivity index (χ1n) is 6.00. The van der Waals surface area contributed by atoms with Crippen LogP contribution in [0.25, 0.3) is 0 Å². The molecule has 98 valence electrons. The largest absolute Gasteiger partial charge is 0.384 e. The van der Waals surface area contributed by atoms with Crippen LogP contribution in [0.1, 0.15) is 25.8 Å². The number of anilines is 1. The van der Waals surface area contributed by atoms with E-state index in [-0.39, 0.29) is 16.1 Å². The molecule has 3 N–H and O–H groups in total. The van der Waals surface area contributed by atoms with Gasteiger partial charge in [0.2, 0.25) is 0 Å². The number of rotatable bonds is 2. The van der Waals surface area contributed by atoms with Crippen molar-refractivity contribution in [2.45, 2.75) is 26.3 Å². The van der Waals surface area contributed by atoms with Gasteiger partial charge in [0.25, 0.3) is 0 Å². The average Bonchev–Trinajstić information content (AvgIpc) is 2.61. The van der Waals surface area contributed by atoms with Gasteiger partial charge in [0, 0.05) is 18.2 Å². The standard InChI is InChI=1S/C13H17BrFN3/c1-7-5-8(2)18(6-7)10-4-3-9(13(16)17)11(14)12(10)15/h3-4,7-8H,5-6H2,1-2H3,(H3,16,17). The molecule has 1 aliphatic heterocycles. The highest BCUT2D eigenvalue weighted by atomic mass is 79.9. The Kier molecular flexibility index (Phi) is 3.61. The van der Waals surface area contributed by atoms with Gasteiger partial charge in [-0.2, -0.15) is 0 Å². The third kappa shape index (κ3) is 2.23. The zero-order chi connectivity index (χ0) is 13.4. The Balaban J connectivity index is 2.41. The summed E-state index contributed by atoms with van der Waals surface area (Å²) in [7, 11) is 0. The lowest BCUT2D eigenvalue weighted by Crippen LogP contribution is -2.28. The molecule has 3 nitrogen and oxygen atoms in total. The quantitative estimate of drug-likeness (QED) is 0.651. The fraction of sp³-hybridized carbons (Fsp3) is 0.462. The number of benzene rings is 1. The predicted molar refractivity (Wildman–Crippen MR) is 75.7 cm³/mol. The van der Waals surface area contributed by atoms with E-state index in [0.29, 0.717) is 23.2 Å². The third-order valence-electron chi connectivity index (χ3n) is 3.45. The summed E-state index contributed by atoms with van der Waals surface area (Å²) < 4.78 is 14.6. The molecule has 1 fully saturated rings. The monoisotopic (exact) mass is 313 g/mol. The Morgan fingerprint density at radius 2 is 2.17 bits per heavy atom. The summed E-state index contributed by atoms with van der Waals surface area (Å²) in [6.07, 6.45) is 1.07. The van der Waals surface area contributed by atoms with E-state index < -0.39 is 0 Å². The number of halogens is 2. The predicted octanol–water partition coefficient (Wildman–Crippen LogP) is 3.11. The van der Waals surface area contributed by atoms with Gasteiger partial charge < -0.3 is 10.6 Å². The summed E-state index contributed by atoms with van der Waals surface area (Å²) in [5.74, 6) is 0.115. The first kappa shape index (κ1) is 13.3. The minimum atomic E-state index is -0.330. The summed E-state index contributed by atoms with van der Waals surface area (Å²) in [6, 6.07) is 3.75. The zero-order valence-electron chi connectivity index (χ0n) is 10.5. The lowest BCUT2D eigenvalue weighted by Gasteiger charge is -2.25. The summed E-state index contributed by atoms with van der Waals surface area (Å²) in [6.45, 7) is 5.15. The van der Waals surface area contributed by atoms with Crippen molar-refractivity contribution in [3.05, 3.63) is 28.0 Å². The molecule has 0 aliphatic carbocycles. The SMILES string of the molecule is CC1CC(C)N(c2ccc(C(=N)N)c(Br)c2F)C1. The first-order chi connectivity index (χ1) is 8.41. The van der Waals surface area contributed by atoms with Crippen molar-refractivity contribution in [2.24, 2.45) is 11.7 Å². The van der Waals surface area contributed by atoms with Crippen LogP contribution in [0.15, 0.2) is 16.6 Å². The van der Waals surface area contributed by atoms with Gasteiger partial charge in [-0.3, -0.25) is 5.41 Å². The second-order valence-electron chi connectivity index (χ2n) is 5.02. The highest BCUT2D eigenvalue weighted by molar-refractivity contribution is 9.10. The molecule has 1 heterocycles. The van der Waals surface area contributed by atoms with Gasteiger partial charge in [-0.05, 0) is 47.3 Å². The molecule has 0 amide bonds. The Bertz CT molecular complexity index is 489. The van der Waals surface area contributed by atoms with Crippen molar-refractivity contribution in [3.63, 3.8) is 0 Å². The van der Waals surface area contributed by atoms with Crippen LogP contribution in [0.4, 0.5) is 10.1 Å². The number of nitrogen functional groups attached to an aromatic ring is 1. The van der Waals surface area contributed by atoms with E-state index in [4.69, 9.17) is 11.1 Å². The fourth-order valence-electron chi connectivity index (χ4n) is 2.60. The Labute approximate surface area is 115 Å². The highest BCUT2D eigenvalue weighted by Gasteiger charge is 2.29. The second kappa shape index (κ2) is 4.88. The Hall–Kier alpha value is -1.10. The molecule has 5 heteroatoms. The van der Waals surface area contributed by atoms with Crippen molar-refractivity contribution in [3.8, 4) is 0 Å². The van der Waals surface area contributed by atoms with Crippen molar-refractivity contribution in [2.75, 3.05) is 11.4 Å². The fourth-order valence-corrected chi connectivity index (χ4v) is 3.15. The lowest BCUT2D eigenvalue weighted by molar-refractivity contribution is 0.606. The molecular weight excluding hydrogens is 297 g/mol. The van der Waals surface area contributed by atoms with E-state index in [9.17, 15) is 4.39 Å². The van der Waals surface area contributed by atoms with Crippen LogP contribution in [-0.4, -0.2) is 18.4 Å². The number of nitrogens with zero attached hydrogens (tertiary/aromatic N) is 1. The average molecular weight is 314 g/mol. The van der Waals surface area contributed by atoms with Crippen LogP contribution in [0.3, 0.4) is 0 Å². The summed E-state index contributed by atoms with van der Waals surface area (Å²) in [5, 5.41) is 7.39. The summed E-state index contributed by atoms with van der Waals surface area (Å²) in [4.78, 5) is 2.08. The maximum Gasteiger partial charge on any atom is 0.161 e. The van der Waals surface area contributed by atoms with E-state index in [1.807, 2.05) is 0 Å². The van der Waals surface area contributed by atoms with Gasteiger partial charge in [-0.1, -0.05) is 6.92 Å². The number of nitrogens with two attached hydrogens (primary N) is 1. The molecule has 1 aromatic carbocycles. The van der Waals surface area contributed by atoms with E-state index in [1.54, 1.807) is 12.1 Å². The molecule has 0 radical (unpaired) electrons. The van der Waals surface area contributed by atoms with Crippen LogP contribution in [0.5, 0.6) is 0 Å². The van der Waals surface area contributed by atoms with Crippen molar-refractivity contribution >= 4 is 27.5 Å². The third-order valence-corrected chi connectivity index (χ3v) is 4.22. The molecule has 18 heavy (non-hydrogen) atoms. The van der Waals surface area contributed by atoms with Crippen LogP contribution in [-0.2, 0) is 0 Å². The van der Waals surface area contributed by atoms with Gasteiger partial charge in [-0.25, -0.2) is 4.39 Å². The number of amidine groups is 1. The lowest BCUT2D eigenvalue weighted by atomic mass is 10.1. The maximum absolute atomic E-state index is 14.3. The smallest absolute Gasteiger partial charge is 0.161 e. The van der Waals surface area contributed by atoms with Crippen molar-refractivity contribution in [1.29, 1.82) is 5.41 Å². The molecular formula is C13H17BrFN3. The molecule has 2 atom stereocenters. The normalized spacial score (nSPS) is 23.4. The number of hydrogen-bond donors (Lipinski definition) is 2. The molecule has 2 rings (SSSR count). The molecule has 0 bridgehead atoms. The minimum Gasteiger partial charge on any atom is -0.384 e. The molecule has 1 aliphatic rings. The Morgan fingerprint density at radius 3 is 2.67 bits per heavy atom. The van der Waals surface area contributed by atoms with Crippen molar-refractivity contribution < 1.29 is 4.39 Å². The van der Waals surface area contributed by atoms with Gasteiger partial charge in [0.15, 0.2) is 5.82 Å². The number of nitrogens with one attached hydrogen (secondary N) is 1. The van der Waals surface area contributed by atoms with E-state index in [2.05, 4.69) is 34.7 Å². The van der Waals surface area contributed by atoms with Crippen LogP contribution in [0.2, 0.25) is 0 Å². The van der Waals surface area contributed by atoms with Crippen LogP contribution >= 0.6 is 15.9 Å². The summed E-state index contributed by atoms with van der Waals surface area (Å²) in [5.41, 5.74) is 6.40.